The number of hydrogen-bond acceptors (Lipinski definition) is 4. The first-order chi connectivity index (χ1) is 15.3. The molecule has 0 radical (unpaired) electrons. The molecule has 5 heteroatoms. The molecule has 5 nitrogen and oxygen atoms in total. The molecule has 0 saturated carbocycles. The van der Waals surface area contributed by atoms with Gasteiger partial charge in [-0.1, -0.05) is 69.0 Å². The second-order valence-electron chi connectivity index (χ2n) is 7.34. The van der Waals surface area contributed by atoms with Gasteiger partial charge in [0, 0.05) is 17.3 Å². The Morgan fingerprint density at radius 3 is 2.48 bits per heavy atom. The number of carbonyl (C=O) groups excluding carboxylic acids is 1. The fraction of sp³-hybridized carbons (Fsp3) is 0.308. The number of carbonyl (C=O) groups is 1. The van der Waals surface area contributed by atoms with E-state index in [1.54, 1.807) is 30.5 Å². The summed E-state index contributed by atoms with van der Waals surface area (Å²) in [5.74, 6) is 0.996. The molecule has 2 aromatic carbocycles. The Labute approximate surface area is 184 Å². The summed E-state index contributed by atoms with van der Waals surface area (Å²) < 4.78 is 11.9. The molecule has 0 spiro atoms. The van der Waals surface area contributed by atoms with E-state index in [0.29, 0.717) is 30.3 Å². The summed E-state index contributed by atoms with van der Waals surface area (Å²) in [4.78, 5) is 16.8. The molecule has 31 heavy (non-hydrogen) atoms. The molecule has 0 aliphatic heterocycles. The Morgan fingerprint density at radius 1 is 0.871 bits per heavy atom. The second-order valence-corrected chi connectivity index (χ2v) is 7.34. The third-order valence-corrected chi connectivity index (χ3v) is 4.90. The molecule has 0 bridgehead atoms. The van der Waals surface area contributed by atoms with E-state index in [4.69, 9.17) is 9.47 Å². The van der Waals surface area contributed by atoms with Crippen LogP contribution in [0.3, 0.4) is 0 Å². The predicted molar refractivity (Wildman–Crippen MR) is 124 cm³/mol. The number of benzene rings is 2. The average molecular weight is 419 g/mol. The van der Waals surface area contributed by atoms with Gasteiger partial charge < -0.3 is 14.8 Å². The number of rotatable bonds is 12. The molecule has 1 N–H and O–H groups in total. The van der Waals surface area contributed by atoms with Crippen molar-refractivity contribution in [3.05, 3.63) is 84.1 Å². The van der Waals surface area contributed by atoms with Crippen LogP contribution in [0.4, 0.5) is 5.69 Å². The summed E-state index contributed by atoms with van der Waals surface area (Å²) in [5, 5.41) is 2.88. The van der Waals surface area contributed by atoms with Crippen molar-refractivity contribution >= 4 is 11.6 Å². The lowest BCUT2D eigenvalue weighted by molar-refractivity contribution is 0.102. The van der Waals surface area contributed by atoms with Crippen LogP contribution in [0.1, 0.15) is 54.9 Å². The van der Waals surface area contributed by atoms with Crippen LogP contribution in [0, 0.1) is 0 Å². The highest BCUT2D eigenvalue weighted by atomic mass is 16.5. The lowest BCUT2D eigenvalue weighted by Gasteiger charge is -2.14. The quantitative estimate of drug-likeness (QED) is 0.353. The molecule has 162 valence electrons. The van der Waals surface area contributed by atoms with Crippen molar-refractivity contribution in [2.75, 3.05) is 11.9 Å². The SMILES string of the molecule is CCCCCCCOc1ccccc1COc1ncccc1NC(=O)c1ccccc1. The second kappa shape index (κ2) is 12.4. The maximum absolute atomic E-state index is 12.5. The number of aromatic nitrogens is 1. The minimum atomic E-state index is -0.203. The van der Waals surface area contributed by atoms with Gasteiger partial charge in [-0.25, -0.2) is 4.98 Å². The van der Waals surface area contributed by atoms with Gasteiger partial charge in [-0.3, -0.25) is 4.79 Å². The highest BCUT2D eigenvalue weighted by molar-refractivity contribution is 6.04. The largest absolute Gasteiger partial charge is 0.493 e. The molecule has 1 amide bonds. The van der Waals surface area contributed by atoms with Crippen molar-refractivity contribution in [1.29, 1.82) is 0 Å². The zero-order valence-corrected chi connectivity index (χ0v) is 18.0. The van der Waals surface area contributed by atoms with Crippen molar-refractivity contribution in [3.8, 4) is 11.6 Å². The first kappa shape index (κ1) is 22.3. The molecular weight excluding hydrogens is 388 g/mol. The first-order valence-electron chi connectivity index (χ1n) is 10.9. The normalized spacial score (nSPS) is 10.5. The highest BCUT2D eigenvalue weighted by Gasteiger charge is 2.12. The van der Waals surface area contributed by atoms with E-state index in [-0.39, 0.29) is 5.91 Å². The number of amides is 1. The van der Waals surface area contributed by atoms with Gasteiger partial charge in [0.1, 0.15) is 18.0 Å². The minimum Gasteiger partial charge on any atom is -0.493 e. The van der Waals surface area contributed by atoms with Crippen LogP contribution in [0.2, 0.25) is 0 Å². The molecule has 0 saturated heterocycles. The van der Waals surface area contributed by atoms with Crippen molar-refractivity contribution in [3.63, 3.8) is 0 Å². The molecule has 3 aromatic rings. The van der Waals surface area contributed by atoms with Gasteiger partial charge in [0.15, 0.2) is 0 Å². The Kier molecular flexibility index (Phi) is 8.92. The number of pyridine rings is 1. The smallest absolute Gasteiger partial charge is 0.255 e. The Bertz CT molecular complexity index is 944. The number of hydrogen-bond donors (Lipinski definition) is 1. The Morgan fingerprint density at radius 2 is 1.65 bits per heavy atom. The number of nitrogens with zero attached hydrogens (tertiary/aromatic N) is 1. The van der Waals surface area contributed by atoms with Gasteiger partial charge in [-0.05, 0) is 36.8 Å². The summed E-state index contributed by atoms with van der Waals surface area (Å²) in [6.45, 7) is 3.22. The molecule has 0 aliphatic carbocycles. The van der Waals surface area contributed by atoms with Crippen molar-refractivity contribution in [2.24, 2.45) is 0 Å². The van der Waals surface area contributed by atoms with Gasteiger partial charge >= 0.3 is 0 Å². The van der Waals surface area contributed by atoms with E-state index in [1.807, 2.05) is 42.5 Å². The zero-order chi connectivity index (χ0) is 21.7. The Hall–Kier alpha value is -3.34. The highest BCUT2D eigenvalue weighted by Crippen LogP contribution is 2.25. The zero-order valence-electron chi connectivity index (χ0n) is 18.0. The molecule has 1 heterocycles. The molecule has 0 aliphatic rings. The van der Waals surface area contributed by atoms with Gasteiger partial charge in [0.05, 0.1) is 6.61 Å². The van der Waals surface area contributed by atoms with Crippen molar-refractivity contribution in [1.82, 2.24) is 4.98 Å². The lowest BCUT2D eigenvalue weighted by Crippen LogP contribution is -2.13. The predicted octanol–water partition coefficient (Wildman–Crippen LogP) is 6.26. The van der Waals surface area contributed by atoms with E-state index in [0.717, 1.165) is 17.7 Å². The van der Waals surface area contributed by atoms with Crippen LogP contribution in [-0.2, 0) is 6.61 Å². The standard InChI is InChI=1S/C26H30N2O3/c1-2-3-4-5-11-19-30-24-17-10-9-15-22(24)20-31-26-23(16-12-18-27-26)28-25(29)21-13-7-6-8-14-21/h6-10,12-18H,2-5,11,19-20H2,1H3,(H,28,29). The first-order valence-corrected chi connectivity index (χ1v) is 10.9. The van der Waals surface area contributed by atoms with Crippen molar-refractivity contribution < 1.29 is 14.3 Å². The van der Waals surface area contributed by atoms with Crippen LogP contribution in [0.5, 0.6) is 11.6 Å². The van der Waals surface area contributed by atoms with Crippen LogP contribution < -0.4 is 14.8 Å². The summed E-state index contributed by atoms with van der Waals surface area (Å²) in [6, 6.07) is 20.5. The molecule has 3 rings (SSSR count). The maximum atomic E-state index is 12.5. The number of anilines is 1. The average Bonchev–Trinajstić information content (AvgIpc) is 2.82. The van der Waals surface area contributed by atoms with Crippen LogP contribution >= 0.6 is 0 Å². The van der Waals surface area contributed by atoms with E-state index < -0.39 is 0 Å². The van der Waals surface area contributed by atoms with Gasteiger partial charge in [-0.2, -0.15) is 0 Å². The lowest BCUT2D eigenvalue weighted by atomic mass is 10.1. The van der Waals surface area contributed by atoms with E-state index in [1.165, 1.54) is 25.7 Å². The molecule has 0 unspecified atom stereocenters. The van der Waals surface area contributed by atoms with E-state index in [9.17, 15) is 4.79 Å². The summed E-state index contributed by atoms with van der Waals surface area (Å²) in [7, 11) is 0. The topological polar surface area (TPSA) is 60.5 Å². The molecular formula is C26H30N2O3. The molecule has 1 aromatic heterocycles. The number of para-hydroxylation sites is 1. The van der Waals surface area contributed by atoms with E-state index >= 15 is 0 Å². The van der Waals surface area contributed by atoms with Crippen molar-refractivity contribution in [2.45, 2.75) is 45.6 Å². The van der Waals surface area contributed by atoms with E-state index in [2.05, 4.69) is 17.2 Å². The van der Waals surface area contributed by atoms with Gasteiger partial charge in [0.2, 0.25) is 5.88 Å². The van der Waals surface area contributed by atoms with Crippen LogP contribution in [0.15, 0.2) is 72.9 Å². The van der Waals surface area contributed by atoms with Gasteiger partial charge in [-0.15, -0.1) is 0 Å². The van der Waals surface area contributed by atoms with Gasteiger partial charge in [0.25, 0.3) is 5.91 Å². The third-order valence-electron chi connectivity index (χ3n) is 4.90. The Balaban J connectivity index is 1.59. The number of ether oxygens (including phenoxy) is 2. The summed E-state index contributed by atoms with van der Waals surface area (Å²) in [5.41, 5.74) is 2.06. The minimum absolute atomic E-state index is 0.203. The third kappa shape index (κ3) is 7.14. The fourth-order valence-corrected chi connectivity index (χ4v) is 3.18. The van der Waals surface area contributed by atoms with Crippen LogP contribution in [-0.4, -0.2) is 17.5 Å². The number of unbranched alkanes of at least 4 members (excludes halogenated alkanes) is 4. The summed E-state index contributed by atoms with van der Waals surface area (Å²) in [6.07, 6.45) is 7.64. The fourth-order valence-electron chi connectivity index (χ4n) is 3.18. The molecule has 0 atom stereocenters. The maximum Gasteiger partial charge on any atom is 0.255 e. The monoisotopic (exact) mass is 418 g/mol. The summed E-state index contributed by atoms with van der Waals surface area (Å²) >= 11 is 0. The number of nitrogens with one attached hydrogen (secondary N) is 1. The van der Waals surface area contributed by atoms with Crippen LogP contribution in [0.25, 0.3) is 0 Å². The molecule has 0 fully saturated rings.